The van der Waals surface area contributed by atoms with Crippen LogP contribution >= 0.6 is 0 Å². The molecule has 0 aliphatic carbocycles. The van der Waals surface area contributed by atoms with Crippen molar-refractivity contribution in [2.75, 3.05) is 0 Å². The Kier molecular flexibility index (Phi) is 2.33. The molecule has 0 bridgehead atoms. The van der Waals surface area contributed by atoms with E-state index in [2.05, 4.69) is 0 Å². The number of fused-ring (bicyclic) bond motifs is 1. The lowest BCUT2D eigenvalue weighted by Gasteiger charge is -2.03. The van der Waals surface area contributed by atoms with Crippen molar-refractivity contribution in [2.45, 2.75) is 6.67 Å². The maximum atomic E-state index is 12.6. The van der Waals surface area contributed by atoms with E-state index in [0.717, 1.165) is 0 Å². The molecular formula is C11H8FNO2. The summed E-state index contributed by atoms with van der Waals surface area (Å²) in [6, 6.07) is 9.57. The average molecular weight is 205 g/mol. The van der Waals surface area contributed by atoms with Gasteiger partial charge in [-0.2, -0.15) is 0 Å². The molecule has 0 fully saturated rings. The number of hydrogen-bond donors (Lipinski definition) is 0. The molecule has 4 heteroatoms. The second-order valence-corrected chi connectivity index (χ2v) is 3.18. The number of halogens is 1. The van der Waals surface area contributed by atoms with Crippen LogP contribution in [0.4, 0.5) is 10.1 Å². The summed E-state index contributed by atoms with van der Waals surface area (Å²) in [4.78, 5) is 10.3. The van der Waals surface area contributed by atoms with E-state index in [4.69, 9.17) is 0 Å². The third kappa shape index (κ3) is 1.54. The topological polar surface area (TPSA) is 43.1 Å². The summed E-state index contributed by atoms with van der Waals surface area (Å²) in [5.74, 6) is 0. The van der Waals surface area contributed by atoms with Crippen LogP contribution in [0.15, 0.2) is 36.4 Å². The van der Waals surface area contributed by atoms with Crippen LogP contribution in [-0.2, 0) is 6.67 Å². The maximum Gasteiger partial charge on any atom is 0.277 e. The Morgan fingerprint density at radius 1 is 1.13 bits per heavy atom. The van der Waals surface area contributed by atoms with Gasteiger partial charge in [0.1, 0.15) is 6.67 Å². The molecule has 0 amide bonds. The lowest BCUT2D eigenvalue weighted by Crippen LogP contribution is -1.91. The smallest absolute Gasteiger partial charge is 0.258 e. The SMILES string of the molecule is O=[N+]([O-])c1ccc(CF)c2ccccc12. The maximum absolute atomic E-state index is 12.6. The van der Waals surface area contributed by atoms with E-state index in [1.807, 2.05) is 0 Å². The van der Waals surface area contributed by atoms with Crippen molar-refractivity contribution in [3.63, 3.8) is 0 Å². The summed E-state index contributed by atoms with van der Waals surface area (Å²) < 4.78 is 12.6. The molecule has 76 valence electrons. The van der Waals surface area contributed by atoms with Gasteiger partial charge in [-0.25, -0.2) is 4.39 Å². The van der Waals surface area contributed by atoms with Crippen molar-refractivity contribution in [1.29, 1.82) is 0 Å². The van der Waals surface area contributed by atoms with Gasteiger partial charge in [-0.3, -0.25) is 10.1 Å². The van der Waals surface area contributed by atoms with Crippen LogP contribution in [-0.4, -0.2) is 4.92 Å². The van der Waals surface area contributed by atoms with Gasteiger partial charge in [0.2, 0.25) is 0 Å². The number of nitro benzene ring substituents is 1. The lowest BCUT2D eigenvalue weighted by molar-refractivity contribution is -0.383. The van der Waals surface area contributed by atoms with Gasteiger partial charge in [0.25, 0.3) is 5.69 Å². The van der Waals surface area contributed by atoms with Gasteiger partial charge in [-0.1, -0.05) is 18.2 Å². The minimum Gasteiger partial charge on any atom is -0.258 e. The first-order valence-electron chi connectivity index (χ1n) is 4.45. The Bertz CT molecular complexity index is 525. The summed E-state index contributed by atoms with van der Waals surface area (Å²) in [6.07, 6.45) is 0. The van der Waals surface area contributed by atoms with Crippen LogP contribution in [0, 0.1) is 10.1 Å². The molecule has 2 aromatic carbocycles. The highest BCUT2D eigenvalue weighted by atomic mass is 19.1. The van der Waals surface area contributed by atoms with E-state index in [-0.39, 0.29) is 5.69 Å². The van der Waals surface area contributed by atoms with E-state index in [9.17, 15) is 14.5 Å². The number of nitro groups is 1. The van der Waals surface area contributed by atoms with Crippen molar-refractivity contribution in [3.05, 3.63) is 52.1 Å². The first-order chi connectivity index (χ1) is 7.24. The molecule has 0 aliphatic rings. The molecule has 2 aromatic rings. The van der Waals surface area contributed by atoms with Crippen molar-refractivity contribution >= 4 is 16.5 Å². The molecule has 0 aliphatic heterocycles. The summed E-state index contributed by atoms with van der Waals surface area (Å²) in [6.45, 7) is -0.613. The summed E-state index contributed by atoms with van der Waals surface area (Å²) in [7, 11) is 0. The highest BCUT2D eigenvalue weighted by Crippen LogP contribution is 2.28. The fourth-order valence-electron chi connectivity index (χ4n) is 1.62. The second kappa shape index (κ2) is 3.65. The van der Waals surface area contributed by atoms with Gasteiger partial charge in [0.05, 0.1) is 10.3 Å². The molecule has 0 aromatic heterocycles. The molecule has 0 atom stereocenters. The van der Waals surface area contributed by atoms with Crippen molar-refractivity contribution in [3.8, 4) is 0 Å². The summed E-state index contributed by atoms with van der Waals surface area (Å²) in [5.41, 5.74) is 0.499. The van der Waals surface area contributed by atoms with Crippen LogP contribution in [0.3, 0.4) is 0 Å². The Morgan fingerprint density at radius 2 is 1.80 bits per heavy atom. The minimum atomic E-state index is -0.613. The number of rotatable bonds is 2. The van der Waals surface area contributed by atoms with Crippen molar-refractivity contribution in [2.24, 2.45) is 0 Å². The zero-order valence-corrected chi connectivity index (χ0v) is 7.81. The molecule has 0 saturated carbocycles. The molecule has 0 radical (unpaired) electrons. The first kappa shape index (κ1) is 9.58. The van der Waals surface area contributed by atoms with E-state index >= 15 is 0 Å². The highest BCUT2D eigenvalue weighted by molar-refractivity contribution is 5.93. The monoisotopic (exact) mass is 205 g/mol. The molecule has 0 unspecified atom stereocenters. The van der Waals surface area contributed by atoms with Gasteiger partial charge < -0.3 is 0 Å². The predicted molar refractivity (Wildman–Crippen MR) is 55.4 cm³/mol. The minimum absolute atomic E-state index is 0.0165. The Balaban J connectivity index is 2.83. The lowest BCUT2D eigenvalue weighted by atomic mass is 10.0. The summed E-state index contributed by atoms with van der Waals surface area (Å²) >= 11 is 0. The van der Waals surface area contributed by atoms with Crippen LogP contribution in [0.1, 0.15) is 5.56 Å². The van der Waals surface area contributed by atoms with E-state index < -0.39 is 11.6 Å². The van der Waals surface area contributed by atoms with Crippen molar-refractivity contribution < 1.29 is 9.31 Å². The second-order valence-electron chi connectivity index (χ2n) is 3.18. The fourth-order valence-corrected chi connectivity index (χ4v) is 1.62. The van der Waals surface area contributed by atoms with Crippen molar-refractivity contribution in [1.82, 2.24) is 0 Å². The van der Waals surface area contributed by atoms with Crippen LogP contribution in [0.25, 0.3) is 10.8 Å². The fraction of sp³-hybridized carbons (Fsp3) is 0.0909. The normalized spacial score (nSPS) is 10.5. The van der Waals surface area contributed by atoms with Crippen LogP contribution < -0.4 is 0 Å². The standard InChI is InChI=1S/C11H8FNO2/c12-7-8-5-6-11(13(14)15)10-4-2-1-3-9(8)10/h1-6H,7H2. The van der Waals surface area contributed by atoms with Gasteiger partial charge >= 0.3 is 0 Å². The Morgan fingerprint density at radius 3 is 2.40 bits per heavy atom. The number of non-ortho nitro benzene ring substituents is 1. The van der Waals surface area contributed by atoms with Gasteiger partial charge in [0.15, 0.2) is 0 Å². The Hall–Kier alpha value is -1.97. The number of nitrogens with zero attached hydrogens (tertiary/aromatic N) is 1. The molecule has 0 heterocycles. The van der Waals surface area contributed by atoms with E-state index in [1.54, 1.807) is 24.3 Å². The summed E-state index contributed by atoms with van der Waals surface area (Å²) in [5, 5.41) is 11.8. The average Bonchev–Trinajstić information content (AvgIpc) is 2.27. The molecule has 15 heavy (non-hydrogen) atoms. The van der Waals surface area contributed by atoms with Gasteiger partial charge in [-0.15, -0.1) is 0 Å². The predicted octanol–water partition coefficient (Wildman–Crippen LogP) is 3.22. The Labute approximate surface area is 85.3 Å². The quantitative estimate of drug-likeness (QED) is 0.558. The molecular weight excluding hydrogens is 197 g/mol. The molecule has 0 saturated heterocycles. The number of alkyl halides is 1. The van der Waals surface area contributed by atoms with Crippen LogP contribution in [0.5, 0.6) is 0 Å². The third-order valence-corrected chi connectivity index (χ3v) is 2.33. The van der Waals surface area contributed by atoms with E-state index in [0.29, 0.717) is 16.3 Å². The largest absolute Gasteiger partial charge is 0.277 e. The molecule has 2 rings (SSSR count). The zero-order valence-electron chi connectivity index (χ0n) is 7.81. The van der Waals surface area contributed by atoms with Crippen LogP contribution in [0.2, 0.25) is 0 Å². The molecule has 3 nitrogen and oxygen atoms in total. The molecule has 0 N–H and O–H groups in total. The third-order valence-electron chi connectivity index (χ3n) is 2.33. The van der Waals surface area contributed by atoms with E-state index in [1.165, 1.54) is 12.1 Å². The number of hydrogen-bond acceptors (Lipinski definition) is 2. The first-order valence-corrected chi connectivity index (χ1v) is 4.45. The number of benzene rings is 2. The van der Waals surface area contributed by atoms with Gasteiger partial charge in [-0.05, 0) is 23.1 Å². The molecule has 0 spiro atoms. The zero-order chi connectivity index (χ0) is 10.8. The highest BCUT2D eigenvalue weighted by Gasteiger charge is 2.12. The van der Waals surface area contributed by atoms with Gasteiger partial charge in [0, 0.05) is 6.07 Å².